The van der Waals surface area contributed by atoms with Crippen LogP contribution in [0.2, 0.25) is 0 Å². The summed E-state index contributed by atoms with van der Waals surface area (Å²) in [7, 11) is -7.72. The molecule has 5 nitrogen and oxygen atoms in total. The highest BCUT2D eigenvalue weighted by Gasteiger charge is 2.47. The van der Waals surface area contributed by atoms with Gasteiger partial charge in [0.15, 0.2) is 14.7 Å². The number of hydrogen-bond acceptors (Lipinski definition) is 4. The highest BCUT2D eigenvalue weighted by atomic mass is 32.2. The van der Waals surface area contributed by atoms with Gasteiger partial charge in [-0.2, -0.15) is 4.31 Å². The molecule has 0 radical (unpaired) electrons. The van der Waals surface area contributed by atoms with E-state index in [1.807, 2.05) is 0 Å². The van der Waals surface area contributed by atoms with Crippen molar-refractivity contribution in [3.8, 4) is 0 Å². The summed E-state index contributed by atoms with van der Waals surface area (Å²) < 4.78 is 77.4. The number of nitrogens with zero attached hydrogens (tertiary/aromatic N) is 1. The van der Waals surface area contributed by atoms with Gasteiger partial charge in [-0.25, -0.2) is 25.6 Å². The summed E-state index contributed by atoms with van der Waals surface area (Å²) in [5, 5.41) is 0. The zero-order chi connectivity index (χ0) is 16.1. The molecule has 0 aromatic heterocycles. The van der Waals surface area contributed by atoms with Gasteiger partial charge in [0.2, 0.25) is 10.0 Å². The van der Waals surface area contributed by atoms with Crippen LogP contribution in [-0.4, -0.2) is 44.7 Å². The molecule has 0 bridgehead atoms. The molecule has 3 rings (SSSR count). The molecular weight excluding hydrogens is 336 g/mol. The van der Waals surface area contributed by atoms with Crippen molar-refractivity contribution < 1.29 is 25.6 Å². The van der Waals surface area contributed by atoms with Crippen LogP contribution in [0, 0.1) is 11.6 Å². The van der Waals surface area contributed by atoms with Gasteiger partial charge in [0.1, 0.15) is 11.6 Å². The molecule has 1 aliphatic heterocycles. The van der Waals surface area contributed by atoms with Crippen molar-refractivity contribution in [3.63, 3.8) is 0 Å². The number of halogens is 2. The molecule has 1 atom stereocenters. The van der Waals surface area contributed by atoms with Crippen molar-refractivity contribution in [3.05, 3.63) is 29.8 Å². The van der Waals surface area contributed by atoms with Crippen molar-refractivity contribution in [2.24, 2.45) is 0 Å². The fourth-order valence-corrected chi connectivity index (χ4v) is 6.65. The summed E-state index contributed by atoms with van der Waals surface area (Å²) in [5.41, 5.74) is 0. The number of hydrogen-bond donors (Lipinski definition) is 0. The molecule has 2 fully saturated rings. The lowest BCUT2D eigenvalue weighted by atomic mass is 10.2. The molecule has 1 saturated heterocycles. The Morgan fingerprint density at radius 3 is 2.09 bits per heavy atom. The lowest BCUT2D eigenvalue weighted by Crippen LogP contribution is -2.43. The van der Waals surface area contributed by atoms with Crippen LogP contribution < -0.4 is 0 Å². The normalized spacial score (nSPS) is 24.8. The zero-order valence-corrected chi connectivity index (χ0v) is 13.2. The van der Waals surface area contributed by atoms with Gasteiger partial charge >= 0.3 is 0 Å². The molecule has 1 saturated carbocycles. The molecule has 1 heterocycles. The quantitative estimate of drug-likeness (QED) is 0.820. The monoisotopic (exact) mass is 351 g/mol. The molecule has 0 spiro atoms. The highest BCUT2D eigenvalue weighted by molar-refractivity contribution is 7.92. The van der Waals surface area contributed by atoms with E-state index in [2.05, 4.69) is 0 Å². The second-order valence-electron chi connectivity index (χ2n) is 5.67. The summed E-state index contributed by atoms with van der Waals surface area (Å²) in [4.78, 5) is -0.994. The van der Waals surface area contributed by atoms with Gasteiger partial charge < -0.3 is 0 Å². The van der Waals surface area contributed by atoms with Crippen LogP contribution in [0.15, 0.2) is 23.1 Å². The third kappa shape index (κ3) is 2.77. The highest BCUT2D eigenvalue weighted by Crippen LogP contribution is 2.37. The fraction of sp³-hybridized carbons (Fsp3) is 0.538. The van der Waals surface area contributed by atoms with Crippen LogP contribution in [-0.2, 0) is 19.9 Å². The summed E-state index contributed by atoms with van der Waals surface area (Å²) in [5.74, 6) is -2.72. The number of rotatable bonds is 4. The Morgan fingerprint density at radius 2 is 1.64 bits per heavy atom. The van der Waals surface area contributed by atoms with Gasteiger partial charge in [-0.05, 0) is 31.4 Å². The van der Waals surface area contributed by atoms with Crippen molar-refractivity contribution in [2.75, 3.05) is 11.5 Å². The molecule has 0 N–H and O–H groups in total. The summed E-state index contributed by atoms with van der Waals surface area (Å²) >= 11 is 0. The number of benzene rings is 1. The Labute approximate surface area is 127 Å². The molecule has 0 unspecified atom stereocenters. The maximum absolute atomic E-state index is 13.9. The van der Waals surface area contributed by atoms with E-state index in [0.717, 1.165) is 22.5 Å². The van der Waals surface area contributed by atoms with Crippen LogP contribution in [0.3, 0.4) is 0 Å². The second kappa shape index (κ2) is 5.24. The van der Waals surface area contributed by atoms with E-state index in [9.17, 15) is 25.6 Å². The summed E-state index contributed by atoms with van der Waals surface area (Å²) in [6.45, 7) is 0. The maximum atomic E-state index is 13.9. The van der Waals surface area contributed by atoms with Crippen LogP contribution in [0.5, 0.6) is 0 Å². The minimum absolute atomic E-state index is 0.101. The molecule has 1 aromatic carbocycles. The third-order valence-electron chi connectivity index (χ3n) is 3.93. The molecule has 122 valence electrons. The van der Waals surface area contributed by atoms with Gasteiger partial charge in [-0.15, -0.1) is 0 Å². The average Bonchev–Trinajstić information content (AvgIpc) is 3.13. The lowest BCUT2D eigenvalue weighted by molar-refractivity contribution is 0.328. The first-order valence-corrected chi connectivity index (χ1v) is 10.2. The predicted molar refractivity (Wildman–Crippen MR) is 75.5 cm³/mol. The Hall–Kier alpha value is -1.06. The Kier molecular flexibility index (Phi) is 3.77. The smallest absolute Gasteiger partial charge is 0.229 e. The van der Waals surface area contributed by atoms with E-state index in [1.165, 1.54) is 0 Å². The van der Waals surface area contributed by atoms with E-state index in [4.69, 9.17) is 0 Å². The van der Waals surface area contributed by atoms with Crippen LogP contribution >= 0.6 is 0 Å². The second-order valence-corrected chi connectivity index (χ2v) is 9.68. The molecule has 0 amide bonds. The molecular formula is C13H15F2NO4S2. The summed E-state index contributed by atoms with van der Waals surface area (Å²) in [6.07, 6.45) is 1.31. The molecule has 2 aliphatic rings. The maximum Gasteiger partial charge on any atom is 0.249 e. The number of sulfonamides is 1. The molecule has 9 heteroatoms. The van der Waals surface area contributed by atoms with E-state index in [0.29, 0.717) is 12.8 Å². The minimum atomic E-state index is -4.41. The first-order chi connectivity index (χ1) is 10.2. The van der Waals surface area contributed by atoms with Crippen LogP contribution in [0.25, 0.3) is 0 Å². The van der Waals surface area contributed by atoms with E-state index < -0.39 is 42.4 Å². The van der Waals surface area contributed by atoms with Crippen LogP contribution in [0.4, 0.5) is 8.78 Å². The van der Waals surface area contributed by atoms with Crippen molar-refractivity contribution in [2.45, 2.75) is 36.2 Å². The SMILES string of the molecule is O=S1(=O)CC[C@H](N(C2CC2)S(=O)(=O)c2c(F)cccc2F)C1. The van der Waals surface area contributed by atoms with Crippen molar-refractivity contribution in [1.82, 2.24) is 4.31 Å². The first kappa shape index (κ1) is 15.8. The third-order valence-corrected chi connectivity index (χ3v) is 7.74. The first-order valence-electron chi connectivity index (χ1n) is 6.90. The minimum Gasteiger partial charge on any atom is -0.229 e. The molecule has 22 heavy (non-hydrogen) atoms. The lowest BCUT2D eigenvalue weighted by Gasteiger charge is -2.27. The van der Waals surface area contributed by atoms with Gasteiger partial charge in [0.25, 0.3) is 0 Å². The Balaban J connectivity index is 2.05. The predicted octanol–water partition coefficient (Wildman–Crippen LogP) is 1.31. The molecule has 1 aliphatic carbocycles. The van der Waals surface area contributed by atoms with Gasteiger partial charge in [0.05, 0.1) is 11.5 Å². The fourth-order valence-electron chi connectivity index (χ4n) is 2.83. The van der Waals surface area contributed by atoms with Gasteiger partial charge in [0, 0.05) is 12.1 Å². The molecule has 1 aromatic rings. The standard InChI is InChI=1S/C13H15F2NO4S2/c14-11-2-1-3-12(15)13(11)22(19,20)16(9-4-5-9)10-6-7-21(17,18)8-10/h1-3,9-10H,4-8H2/t10-/m0/s1. The Morgan fingerprint density at radius 1 is 1.05 bits per heavy atom. The van der Waals surface area contributed by atoms with E-state index in [1.54, 1.807) is 0 Å². The van der Waals surface area contributed by atoms with Crippen LogP contribution in [0.1, 0.15) is 19.3 Å². The van der Waals surface area contributed by atoms with E-state index >= 15 is 0 Å². The number of sulfone groups is 1. The summed E-state index contributed by atoms with van der Waals surface area (Å²) in [6, 6.07) is 1.73. The topological polar surface area (TPSA) is 71.5 Å². The van der Waals surface area contributed by atoms with Crippen molar-refractivity contribution >= 4 is 19.9 Å². The zero-order valence-electron chi connectivity index (χ0n) is 11.6. The van der Waals surface area contributed by atoms with Crippen molar-refractivity contribution in [1.29, 1.82) is 0 Å². The van der Waals surface area contributed by atoms with Gasteiger partial charge in [-0.1, -0.05) is 6.07 Å². The average molecular weight is 351 g/mol. The largest absolute Gasteiger partial charge is 0.249 e. The van der Waals surface area contributed by atoms with Gasteiger partial charge in [-0.3, -0.25) is 0 Å². The Bertz CT molecular complexity index is 783. The van der Waals surface area contributed by atoms with E-state index in [-0.39, 0.29) is 24.0 Å².